The van der Waals surface area contributed by atoms with Gasteiger partial charge in [0.1, 0.15) is 5.76 Å². The second-order valence-corrected chi connectivity index (χ2v) is 4.29. The number of hydrogen-bond acceptors (Lipinski definition) is 3. The maximum Gasteiger partial charge on any atom is 0.172 e. The molecule has 3 nitrogen and oxygen atoms in total. The Labute approximate surface area is 104 Å². The summed E-state index contributed by atoms with van der Waals surface area (Å²) in [6, 6.07) is 9.16. The van der Waals surface area contributed by atoms with Crippen molar-refractivity contribution < 1.29 is 9.32 Å². The Hall–Kier alpha value is -1.61. The molecule has 0 radical (unpaired) electrons. The standard InChI is InChI=1S/C13H12ClNO2/c1-9-2-4-10(5-3-9)12(16)7-6-11-8-13(14)15-17-11/h2-5,8H,6-7H2,1H3. The molecule has 0 N–H and O–H groups in total. The maximum atomic E-state index is 11.8. The fraction of sp³-hybridized carbons (Fsp3) is 0.231. The fourth-order valence-corrected chi connectivity index (χ4v) is 1.68. The molecule has 0 atom stereocenters. The summed E-state index contributed by atoms with van der Waals surface area (Å²) < 4.78 is 4.94. The molecule has 0 saturated heterocycles. The van der Waals surface area contributed by atoms with Crippen LogP contribution in [0.15, 0.2) is 34.9 Å². The average molecular weight is 250 g/mol. The molecule has 0 aliphatic heterocycles. The first-order valence-corrected chi connectivity index (χ1v) is 5.74. The van der Waals surface area contributed by atoms with Crippen molar-refractivity contribution in [1.82, 2.24) is 5.16 Å². The van der Waals surface area contributed by atoms with Gasteiger partial charge in [0.15, 0.2) is 10.9 Å². The van der Waals surface area contributed by atoms with Crippen molar-refractivity contribution in [2.75, 3.05) is 0 Å². The summed E-state index contributed by atoms with van der Waals surface area (Å²) in [6.45, 7) is 1.99. The minimum Gasteiger partial charge on any atom is -0.360 e. The molecule has 0 amide bonds. The Morgan fingerprint density at radius 1 is 1.35 bits per heavy atom. The summed E-state index contributed by atoms with van der Waals surface area (Å²) in [4.78, 5) is 11.8. The molecular weight excluding hydrogens is 238 g/mol. The quantitative estimate of drug-likeness (QED) is 0.780. The molecule has 1 aromatic heterocycles. The zero-order valence-electron chi connectivity index (χ0n) is 9.44. The van der Waals surface area contributed by atoms with Gasteiger partial charge in [-0.2, -0.15) is 0 Å². The Bertz CT molecular complexity index is 516. The van der Waals surface area contributed by atoms with Gasteiger partial charge in [-0.1, -0.05) is 46.6 Å². The molecule has 0 bridgehead atoms. The summed E-state index contributed by atoms with van der Waals surface area (Å²) >= 11 is 5.62. The molecule has 88 valence electrons. The third-order valence-electron chi connectivity index (χ3n) is 2.50. The highest BCUT2D eigenvalue weighted by Crippen LogP contribution is 2.13. The number of rotatable bonds is 4. The van der Waals surface area contributed by atoms with Crippen LogP contribution in [0, 0.1) is 6.92 Å². The zero-order valence-corrected chi connectivity index (χ0v) is 10.2. The number of hydrogen-bond donors (Lipinski definition) is 0. The number of aromatic nitrogens is 1. The van der Waals surface area contributed by atoms with Gasteiger partial charge >= 0.3 is 0 Å². The van der Waals surface area contributed by atoms with Gasteiger partial charge in [0.05, 0.1) is 0 Å². The lowest BCUT2D eigenvalue weighted by Gasteiger charge is -1.99. The first-order chi connectivity index (χ1) is 8.15. The van der Waals surface area contributed by atoms with Crippen LogP contribution < -0.4 is 0 Å². The lowest BCUT2D eigenvalue weighted by molar-refractivity contribution is 0.0980. The van der Waals surface area contributed by atoms with Crippen LogP contribution in [0.1, 0.15) is 28.1 Å². The molecular formula is C13H12ClNO2. The number of halogens is 1. The summed E-state index contributed by atoms with van der Waals surface area (Å²) in [7, 11) is 0. The summed E-state index contributed by atoms with van der Waals surface area (Å²) in [5.41, 5.74) is 1.87. The van der Waals surface area contributed by atoms with E-state index in [-0.39, 0.29) is 5.78 Å². The molecule has 1 aromatic carbocycles. The van der Waals surface area contributed by atoms with Gasteiger partial charge < -0.3 is 4.52 Å². The van der Waals surface area contributed by atoms with Crippen molar-refractivity contribution >= 4 is 17.4 Å². The van der Waals surface area contributed by atoms with Crippen molar-refractivity contribution in [2.24, 2.45) is 0 Å². The number of benzene rings is 1. The highest BCUT2D eigenvalue weighted by Gasteiger charge is 2.08. The molecule has 0 fully saturated rings. The second kappa shape index (κ2) is 5.15. The summed E-state index contributed by atoms with van der Waals surface area (Å²) in [6.07, 6.45) is 0.918. The number of aryl methyl sites for hydroxylation is 2. The topological polar surface area (TPSA) is 43.1 Å². The smallest absolute Gasteiger partial charge is 0.172 e. The molecule has 4 heteroatoms. The largest absolute Gasteiger partial charge is 0.360 e. The molecule has 2 rings (SSSR count). The van der Waals surface area contributed by atoms with E-state index in [0.29, 0.717) is 23.8 Å². The Kier molecular flexibility index (Phi) is 3.59. The van der Waals surface area contributed by atoms with E-state index in [0.717, 1.165) is 11.1 Å². The molecule has 17 heavy (non-hydrogen) atoms. The maximum absolute atomic E-state index is 11.8. The van der Waals surface area contributed by atoms with Crippen molar-refractivity contribution in [3.05, 3.63) is 52.4 Å². The first-order valence-electron chi connectivity index (χ1n) is 5.36. The van der Waals surface area contributed by atoms with Crippen LogP contribution in [-0.4, -0.2) is 10.9 Å². The van der Waals surface area contributed by atoms with Gasteiger partial charge in [-0.25, -0.2) is 0 Å². The van der Waals surface area contributed by atoms with E-state index in [1.54, 1.807) is 6.07 Å². The number of carbonyl (C=O) groups is 1. The van der Waals surface area contributed by atoms with Crippen LogP contribution in [0.3, 0.4) is 0 Å². The van der Waals surface area contributed by atoms with E-state index in [2.05, 4.69) is 5.16 Å². The van der Waals surface area contributed by atoms with E-state index in [9.17, 15) is 4.79 Å². The van der Waals surface area contributed by atoms with E-state index in [4.69, 9.17) is 16.1 Å². The molecule has 1 heterocycles. The van der Waals surface area contributed by atoms with Crippen LogP contribution in [0.5, 0.6) is 0 Å². The number of carbonyl (C=O) groups excluding carboxylic acids is 1. The van der Waals surface area contributed by atoms with E-state index in [1.807, 2.05) is 31.2 Å². The Morgan fingerprint density at radius 3 is 2.65 bits per heavy atom. The van der Waals surface area contributed by atoms with Gasteiger partial charge in [-0.15, -0.1) is 0 Å². The SMILES string of the molecule is Cc1ccc(C(=O)CCc2cc(Cl)no2)cc1. The molecule has 0 aliphatic rings. The highest BCUT2D eigenvalue weighted by molar-refractivity contribution is 6.29. The first kappa shape index (κ1) is 11.9. The third kappa shape index (κ3) is 3.17. The number of nitrogens with zero attached hydrogens (tertiary/aromatic N) is 1. The van der Waals surface area contributed by atoms with Gasteiger partial charge in [-0.05, 0) is 6.92 Å². The molecule has 0 saturated carbocycles. The average Bonchev–Trinajstić information content (AvgIpc) is 2.73. The van der Waals surface area contributed by atoms with Crippen LogP contribution in [-0.2, 0) is 6.42 Å². The Balaban J connectivity index is 1.95. The lowest BCUT2D eigenvalue weighted by atomic mass is 10.0. The molecule has 0 aliphatic carbocycles. The van der Waals surface area contributed by atoms with E-state index < -0.39 is 0 Å². The predicted octanol–water partition coefficient (Wildman–Crippen LogP) is 3.45. The Morgan fingerprint density at radius 2 is 2.06 bits per heavy atom. The van der Waals surface area contributed by atoms with Crippen molar-refractivity contribution in [3.8, 4) is 0 Å². The van der Waals surface area contributed by atoms with Gasteiger partial charge in [0, 0.05) is 24.5 Å². The highest BCUT2D eigenvalue weighted by atomic mass is 35.5. The number of ketones is 1. The molecule has 0 unspecified atom stereocenters. The van der Waals surface area contributed by atoms with Crippen LogP contribution in [0.4, 0.5) is 0 Å². The van der Waals surface area contributed by atoms with Crippen LogP contribution >= 0.6 is 11.6 Å². The number of Topliss-reactive ketones (excluding diaryl/α,β-unsaturated/α-hetero) is 1. The van der Waals surface area contributed by atoms with E-state index in [1.165, 1.54) is 0 Å². The van der Waals surface area contributed by atoms with E-state index >= 15 is 0 Å². The fourth-order valence-electron chi connectivity index (χ4n) is 1.53. The lowest BCUT2D eigenvalue weighted by Crippen LogP contribution is -2.00. The van der Waals surface area contributed by atoms with Gasteiger partial charge in [-0.3, -0.25) is 4.79 Å². The predicted molar refractivity (Wildman–Crippen MR) is 65.3 cm³/mol. The molecule has 0 spiro atoms. The van der Waals surface area contributed by atoms with Crippen molar-refractivity contribution in [2.45, 2.75) is 19.8 Å². The molecule has 2 aromatic rings. The monoisotopic (exact) mass is 249 g/mol. The third-order valence-corrected chi connectivity index (χ3v) is 2.68. The van der Waals surface area contributed by atoms with Crippen molar-refractivity contribution in [3.63, 3.8) is 0 Å². The zero-order chi connectivity index (χ0) is 12.3. The summed E-state index contributed by atoms with van der Waals surface area (Å²) in [5.74, 6) is 0.730. The summed E-state index contributed by atoms with van der Waals surface area (Å²) in [5, 5.41) is 3.88. The minimum atomic E-state index is 0.0949. The van der Waals surface area contributed by atoms with Gasteiger partial charge in [0.25, 0.3) is 0 Å². The normalized spacial score (nSPS) is 10.5. The van der Waals surface area contributed by atoms with Crippen molar-refractivity contribution in [1.29, 1.82) is 0 Å². The minimum absolute atomic E-state index is 0.0949. The van der Waals surface area contributed by atoms with Gasteiger partial charge in [0.2, 0.25) is 0 Å². The van der Waals surface area contributed by atoms with Crippen LogP contribution in [0.25, 0.3) is 0 Å². The second-order valence-electron chi connectivity index (χ2n) is 3.91. The van der Waals surface area contributed by atoms with Crippen LogP contribution in [0.2, 0.25) is 5.15 Å².